The molecule has 1 aromatic rings. The van der Waals surface area contributed by atoms with E-state index in [1.807, 2.05) is 39.0 Å². The lowest BCUT2D eigenvalue weighted by atomic mass is 9.76. The number of para-hydroxylation sites is 1. The first-order valence-electron chi connectivity index (χ1n) is 8.77. The summed E-state index contributed by atoms with van der Waals surface area (Å²) in [6.45, 7) is 8.34. The lowest BCUT2D eigenvalue weighted by Gasteiger charge is -2.43. The van der Waals surface area contributed by atoms with Crippen LogP contribution in [0.3, 0.4) is 0 Å². The zero-order chi connectivity index (χ0) is 17.8. The summed E-state index contributed by atoms with van der Waals surface area (Å²) in [5.41, 5.74) is 0.149. The minimum absolute atomic E-state index is 0.0594. The average molecular weight is 334 g/mol. The zero-order valence-corrected chi connectivity index (χ0v) is 15.2. The molecular formula is C19H30N2O3. The van der Waals surface area contributed by atoms with Crippen molar-refractivity contribution in [2.24, 2.45) is 0 Å². The molecule has 1 aliphatic rings. The lowest BCUT2D eigenvalue weighted by Crippen LogP contribution is -2.60. The highest BCUT2D eigenvalue weighted by Crippen LogP contribution is 2.33. The number of rotatable bonds is 6. The molecule has 134 valence electrons. The summed E-state index contributed by atoms with van der Waals surface area (Å²) in [6.07, 6.45) is 3.48. The van der Waals surface area contributed by atoms with Crippen molar-refractivity contribution in [2.75, 3.05) is 6.54 Å². The topological polar surface area (TPSA) is 70.6 Å². The predicted molar refractivity (Wildman–Crippen MR) is 95.1 cm³/mol. The molecule has 1 amide bonds. The number of carbonyl (C=O) groups is 1. The number of carbonyl (C=O) groups excluding carboxylic acids is 1. The molecule has 1 unspecified atom stereocenters. The van der Waals surface area contributed by atoms with Crippen LogP contribution in [0.15, 0.2) is 24.3 Å². The van der Waals surface area contributed by atoms with Gasteiger partial charge in [0, 0.05) is 18.2 Å². The van der Waals surface area contributed by atoms with Gasteiger partial charge in [-0.3, -0.25) is 0 Å². The second kappa shape index (κ2) is 7.43. The van der Waals surface area contributed by atoms with Crippen LogP contribution in [0.25, 0.3) is 0 Å². The van der Waals surface area contributed by atoms with Crippen molar-refractivity contribution in [1.82, 2.24) is 10.6 Å². The number of hydrogen-bond donors (Lipinski definition) is 3. The van der Waals surface area contributed by atoms with Crippen LogP contribution in [0.4, 0.5) is 4.79 Å². The van der Waals surface area contributed by atoms with Gasteiger partial charge in [-0.1, -0.05) is 25.1 Å². The molecule has 5 heteroatoms. The number of aromatic hydroxyl groups is 1. The molecule has 0 aliphatic heterocycles. The maximum atomic E-state index is 12.1. The maximum absolute atomic E-state index is 12.1. The van der Waals surface area contributed by atoms with Gasteiger partial charge in [-0.15, -0.1) is 0 Å². The van der Waals surface area contributed by atoms with Crippen molar-refractivity contribution in [3.8, 4) is 5.75 Å². The van der Waals surface area contributed by atoms with E-state index in [2.05, 4.69) is 17.6 Å². The summed E-state index contributed by atoms with van der Waals surface area (Å²) in [6, 6.07) is 7.45. The molecule has 0 radical (unpaired) electrons. The Morgan fingerprint density at radius 2 is 2.00 bits per heavy atom. The molecule has 0 spiro atoms. The van der Waals surface area contributed by atoms with Crippen LogP contribution in [0.5, 0.6) is 5.75 Å². The molecule has 0 heterocycles. The molecule has 1 aromatic carbocycles. The number of alkyl carbamates (subject to hydrolysis) is 1. The fourth-order valence-electron chi connectivity index (χ4n) is 3.04. The van der Waals surface area contributed by atoms with Crippen molar-refractivity contribution in [3.63, 3.8) is 0 Å². The van der Waals surface area contributed by atoms with E-state index in [9.17, 15) is 9.90 Å². The largest absolute Gasteiger partial charge is 0.508 e. The Bertz CT molecular complexity index is 562. The van der Waals surface area contributed by atoms with Gasteiger partial charge in [0.15, 0.2) is 0 Å². The van der Waals surface area contributed by atoms with Crippen LogP contribution in [-0.2, 0) is 4.74 Å². The number of benzene rings is 1. The number of nitrogens with one attached hydrogen (secondary N) is 2. The monoisotopic (exact) mass is 334 g/mol. The third kappa shape index (κ3) is 4.87. The van der Waals surface area contributed by atoms with Crippen molar-refractivity contribution >= 4 is 6.09 Å². The summed E-state index contributed by atoms with van der Waals surface area (Å²) in [4.78, 5) is 12.1. The highest BCUT2D eigenvalue weighted by Gasteiger charge is 2.39. The minimum Gasteiger partial charge on any atom is -0.508 e. The fourth-order valence-corrected chi connectivity index (χ4v) is 3.04. The Labute approximate surface area is 144 Å². The van der Waals surface area contributed by atoms with Gasteiger partial charge in [-0.05, 0) is 52.5 Å². The van der Waals surface area contributed by atoms with Crippen molar-refractivity contribution < 1.29 is 14.6 Å². The number of ether oxygens (including phenoxy) is 1. The van der Waals surface area contributed by atoms with Crippen molar-refractivity contribution in [2.45, 2.75) is 70.6 Å². The molecule has 2 rings (SSSR count). The Morgan fingerprint density at radius 1 is 1.33 bits per heavy atom. The molecule has 1 aliphatic carbocycles. The van der Waals surface area contributed by atoms with Crippen LogP contribution < -0.4 is 10.6 Å². The number of amides is 1. The Balaban J connectivity index is 1.97. The van der Waals surface area contributed by atoms with Gasteiger partial charge in [0.1, 0.15) is 11.4 Å². The molecule has 24 heavy (non-hydrogen) atoms. The Kier molecular flexibility index (Phi) is 5.75. The summed E-state index contributed by atoms with van der Waals surface area (Å²) >= 11 is 0. The van der Waals surface area contributed by atoms with Crippen LogP contribution in [0.1, 0.15) is 65.0 Å². The van der Waals surface area contributed by atoms with Gasteiger partial charge in [0.25, 0.3) is 0 Å². The molecule has 1 atom stereocenters. The van der Waals surface area contributed by atoms with Gasteiger partial charge < -0.3 is 20.5 Å². The maximum Gasteiger partial charge on any atom is 0.408 e. The van der Waals surface area contributed by atoms with Crippen LogP contribution in [0.2, 0.25) is 0 Å². The van der Waals surface area contributed by atoms with E-state index in [1.165, 1.54) is 0 Å². The molecule has 5 nitrogen and oxygen atoms in total. The molecule has 1 fully saturated rings. The molecule has 1 saturated carbocycles. The number of phenolic OH excluding ortho intramolecular Hbond substituents is 1. The Hall–Kier alpha value is -1.75. The highest BCUT2D eigenvalue weighted by atomic mass is 16.6. The fraction of sp³-hybridized carbons (Fsp3) is 0.632. The molecule has 3 N–H and O–H groups in total. The van der Waals surface area contributed by atoms with E-state index in [-0.39, 0.29) is 17.7 Å². The van der Waals surface area contributed by atoms with Gasteiger partial charge >= 0.3 is 6.09 Å². The van der Waals surface area contributed by atoms with Crippen molar-refractivity contribution in [1.29, 1.82) is 0 Å². The molecule has 0 saturated heterocycles. The van der Waals surface area contributed by atoms with Gasteiger partial charge in [0.2, 0.25) is 0 Å². The minimum atomic E-state index is -0.496. The van der Waals surface area contributed by atoms with E-state index in [1.54, 1.807) is 6.07 Å². The first-order valence-corrected chi connectivity index (χ1v) is 8.77. The van der Waals surface area contributed by atoms with Gasteiger partial charge in [-0.25, -0.2) is 4.79 Å². The summed E-state index contributed by atoms with van der Waals surface area (Å²) in [5.74, 6) is 0.305. The van der Waals surface area contributed by atoms with E-state index < -0.39 is 5.60 Å². The summed E-state index contributed by atoms with van der Waals surface area (Å²) in [7, 11) is 0. The summed E-state index contributed by atoms with van der Waals surface area (Å²) in [5, 5.41) is 16.6. The first-order chi connectivity index (χ1) is 11.2. The smallest absolute Gasteiger partial charge is 0.408 e. The van der Waals surface area contributed by atoms with E-state index in [4.69, 9.17) is 4.74 Å². The molecule has 0 bridgehead atoms. The van der Waals surface area contributed by atoms with E-state index in [0.29, 0.717) is 12.3 Å². The van der Waals surface area contributed by atoms with E-state index >= 15 is 0 Å². The van der Waals surface area contributed by atoms with Gasteiger partial charge in [-0.2, -0.15) is 0 Å². The average Bonchev–Trinajstić information content (AvgIpc) is 2.44. The van der Waals surface area contributed by atoms with Gasteiger partial charge in [0.05, 0.1) is 5.54 Å². The number of phenols is 1. The predicted octanol–water partition coefficient (Wildman–Crippen LogP) is 3.88. The second-order valence-corrected chi connectivity index (χ2v) is 7.66. The third-order valence-electron chi connectivity index (χ3n) is 4.48. The molecule has 0 aromatic heterocycles. The summed E-state index contributed by atoms with van der Waals surface area (Å²) < 4.78 is 5.39. The van der Waals surface area contributed by atoms with E-state index in [0.717, 1.165) is 31.2 Å². The SMILES string of the molecule is CCC(NCC1(NC(=O)OC(C)(C)C)CCC1)c1ccccc1O. The normalized spacial score (nSPS) is 17.7. The zero-order valence-electron chi connectivity index (χ0n) is 15.2. The quantitative estimate of drug-likeness (QED) is 0.738. The first kappa shape index (κ1) is 18.6. The second-order valence-electron chi connectivity index (χ2n) is 7.66. The highest BCUT2D eigenvalue weighted by molar-refractivity contribution is 5.69. The van der Waals surface area contributed by atoms with Crippen LogP contribution >= 0.6 is 0 Å². The standard InChI is InChI=1S/C19H30N2O3/c1-5-15(14-9-6-7-10-16(14)22)20-13-19(11-8-12-19)21-17(23)24-18(2,3)4/h6-7,9-10,15,20,22H,5,8,11-13H2,1-4H3,(H,21,23). The third-order valence-corrected chi connectivity index (χ3v) is 4.48. The van der Waals surface area contributed by atoms with Crippen molar-refractivity contribution in [3.05, 3.63) is 29.8 Å². The Morgan fingerprint density at radius 3 is 2.50 bits per heavy atom. The van der Waals surface area contributed by atoms with Crippen LogP contribution in [0, 0.1) is 0 Å². The molecular weight excluding hydrogens is 304 g/mol. The van der Waals surface area contributed by atoms with Crippen LogP contribution in [-0.4, -0.2) is 28.9 Å². The number of hydrogen-bond acceptors (Lipinski definition) is 4. The lowest BCUT2D eigenvalue weighted by molar-refractivity contribution is 0.0378.